The summed E-state index contributed by atoms with van der Waals surface area (Å²) in [6, 6.07) is 7.30. The number of aliphatic hydroxyl groups excluding tert-OH is 1. The lowest BCUT2D eigenvalue weighted by Crippen LogP contribution is -2.28. The molecule has 0 radical (unpaired) electrons. The molecule has 1 aromatic carbocycles. The number of fused-ring (bicyclic) bond motifs is 1. The van der Waals surface area contributed by atoms with Crippen LogP contribution in [0.3, 0.4) is 0 Å². The van der Waals surface area contributed by atoms with E-state index in [9.17, 15) is 4.79 Å². The van der Waals surface area contributed by atoms with Crippen LogP contribution in [-0.4, -0.2) is 58.3 Å². The molecule has 0 aliphatic carbocycles. The van der Waals surface area contributed by atoms with Crippen LogP contribution in [-0.2, 0) is 4.74 Å². The molecule has 0 amide bonds. The molecule has 26 heavy (non-hydrogen) atoms. The highest BCUT2D eigenvalue weighted by molar-refractivity contribution is 5.89. The van der Waals surface area contributed by atoms with Gasteiger partial charge in [0.1, 0.15) is 0 Å². The minimum absolute atomic E-state index is 0.0399. The highest BCUT2D eigenvalue weighted by Crippen LogP contribution is 2.10. The number of hydrogen-bond donors (Lipinski definition) is 1. The van der Waals surface area contributed by atoms with Gasteiger partial charge in [-0.15, -0.1) is 0 Å². The molecule has 1 atom stereocenters. The zero-order chi connectivity index (χ0) is 18.2. The van der Waals surface area contributed by atoms with E-state index in [1.54, 1.807) is 18.2 Å². The average molecular weight is 347 g/mol. The Morgan fingerprint density at radius 2 is 2.08 bits per heavy atom. The average Bonchev–Trinajstić information content (AvgIpc) is 2.67. The van der Waals surface area contributed by atoms with Gasteiger partial charge < -0.3 is 9.84 Å². The molecular weight excluding hydrogens is 330 g/mol. The lowest BCUT2D eigenvalue weighted by atomic mass is 10.2. The van der Waals surface area contributed by atoms with Gasteiger partial charge in [0.2, 0.25) is 0 Å². The summed E-state index contributed by atoms with van der Waals surface area (Å²) in [6.45, 7) is 1.49. The van der Waals surface area contributed by atoms with Crippen molar-refractivity contribution in [3.63, 3.8) is 0 Å². The number of benzene rings is 1. The highest BCUT2D eigenvalue weighted by atomic mass is 16.5. The monoisotopic (exact) mass is 347 g/mol. The molecule has 0 saturated carbocycles. The summed E-state index contributed by atoms with van der Waals surface area (Å²) in [5, 5.41) is 9.04. The van der Waals surface area contributed by atoms with E-state index < -0.39 is 12.1 Å². The fourth-order valence-corrected chi connectivity index (χ4v) is 2.31. The van der Waals surface area contributed by atoms with Crippen molar-refractivity contribution in [3.8, 4) is 23.7 Å². The van der Waals surface area contributed by atoms with E-state index in [1.165, 1.54) is 6.20 Å². The molecule has 2 aromatic rings. The SMILES string of the molecule is O=C(OC1C#CCN(CCO)CC#C/C=C/1)c1cnc2ccccc2n1. The summed E-state index contributed by atoms with van der Waals surface area (Å²) < 4.78 is 5.42. The van der Waals surface area contributed by atoms with Crippen molar-refractivity contribution in [2.24, 2.45) is 0 Å². The first-order valence-corrected chi connectivity index (χ1v) is 8.16. The van der Waals surface area contributed by atoms with Gasteiger partial charge in [-0.1, -0.05) is 35.8 Å². The standard InChI is InChI=1S/C20H17N3O3/c24-14-13-23-11-5-1-2-7-16(8-6-12-23)26-20(25)19-15-21-17-9-3-4-10-18(17)22-19/h2-4,7,9-10,15-16,24H,11-14H2/b7-2+. The maximum Gasteiger partial charge on any atom is 0.360 e. The molecule has 0 bridgehead atoms. The number of β-amino-alcohol motifs (C(OH)–C–C–N with tert-alkyl or cyclic N) is 1. The minimum Gasteiger partial charge on any atom is -0.440 e. The number of para-hydroxylation sites is 2. The fourth-order valence-electron chi connectivity index (χ4n) is 2.31. The maximum atomic E-state index is 12.4. The van der Waals surface area contributed by atoms with Gasteiger partial charge in [0, 0.05) is 6.54 Å². The Morgan fingerprint density at radius 1 is 1.27 bits per heavy atom. The fraction of sp³-hybridized carbons (Fsp3) is 0.250. The normalized spacial score (nSPS) is 18.1. The molecule has 1 aliphatic heterocycles. The van der Waals surface area contributed by atoms with Gasteiger partial charge in [-0.3, -0.25) is 9.88 Å². The number of carbonyl (C=O) groups is 1. The van der Waals surface area contributed by atoms with E-state index in [0.29, 0.717) is 30.7 Å². The second-order valence-electron chi connectivity index (χ2n) is 5.51. The van der Waals surface area contributed by atoms with Gasteiger partial charge in [-0.2, -0.15) is 0 Å². The van der Waals surface area contributed by atoms with Crippen LogP contribution in [0.15, 0.2) is 42.6 Å². The lowest BCUT2D eigenvalue weighted by molar-refractivity contribution is 0.0468. The van der Waals surface area contributed by atoms with E-state index in [4.69, 9.17) is 9.84 Å². The van der Waals surface area contributed by atoms with Crippen molar-refractivity contribution in [2.75, 3.05) is 26.2 Å². The number of esters is 1. The molecule has 3 rings (SSSR count). The van der Waals surface area contributed by atoms with Crippen LogP contribution in [0.4, 0.5) is 0 Å². The van der Waals surface area contributed by atoms with E-state index in [1.807, 2.05) is 23.1 Å². The largest absolute Gasteiger partial charge is 0.440 e. The van der Waals surface area contributed by atoms with Crippen LogP contribution >= 0.6 is 0 Å². The Bertz CT molecular complexity index is 947. The highest BCUT2D eigenvalue weighted by Gasteiger charge is 2.14. The molecule has 1 unspecified atom stereocenters. The number of allylic oxidation sites excluding steroid dienone is 1. The summed E-state index contributed by atoms with van der Waals surface area (Å²) in [4.78, 5) is 22.8. The molecule has 6 nitrogen and oxygen atoms in total. The number of rotatable bonds is 4. The van der Waals surface area contributed by atoms with E-state index in [-0.39, 0.29) is 12.3 Å². The van der Waals surface area contributed by atoms with Crippen molar-refractivity contribution < 1.29 is 14.6 Å². The predicted molar refractivity (Wildman–Crippen MR) is 97.0 cm³/mol. The third-order valence-corrected chi connectivity index (χ3v) is 3.61. The van der Waals surface area contributed by atoms with E-state index in [2.05, 4.69) is 33.6 Å². The first-order chi connectivity index (χ1) is 12.8. The summed E-state index contributed by atoms with van der Waals surface area (Å²) in [6.07, 6.45) is 3.92. The molecule has 2 heterocycles. The van der Waals surface area contributed by atoms with Crippen molar-refractivity contribution in [2.45, 2.75) is 6.10 Å². The van der Waals surface area contributed by atoms with Crippen molar-refractivity contribution in [1.82, 2.24) is 14.9 Å². The van der Waals surface area contributed by atoms with Crippen LogP contribution in [0.25, 0.3) is 11.0 Å². The third kappa shape index (κ3) is 4.67. The molecule has 0 saturated heterocycles. The predicted octanol–water partition coefficient (Wildman–Crippen LogP) is 1.03. The number of aromatic nitrogens is 2. The topological polar surface area (TPSA) is 75.5 Å². The summed E-state index contributed by atoms with van der Waals surface area (Å²) in [5.41, 5.74) is 1.46. The van der Waals surface area contributed by atoms with Gasteiger partial charge in [-0.05, 0) is 24.3 Å². The molecule has 1 N–H and O–H groups in total. The molecule has 6 heteroatoms. The van der Waals surface area contributed by atoms with E-state index >= 15 is 0 Å². The van der Waals surface area contributed by atoms with Crippen LogP contribution in [0.2, 0.25) is 0 Å². The first kappa shape index (κ1) is 17.6. The second kappa shape index (κ2) is 8.77. The molecule has 130 valence electrons. The quantitative estimate of drug-likeness (QED) is 0.658. The maximum absolute atomic E-state index is 12.4. The lowest BCUT2D eigenvalue weighted by Gasteiger charge is -2.15. The van der Waals surface area contributed by atoms with Gasteiger partial charge in [0.15, 0.2) is 11.8 Å². The number of hydrogen-bond acceptors (Lipinski definition) is 6. The zero-order valence-corrected chi connectivity index (χ0v) is 14.1. The van der Waals surface area contributed by atoms with E-state index in [0.717, 1.165) is 0 Å². The molecule has 0 spiro atoms. The van der Waals surface area contributed by atoms with Gasteiger partial charge in [-0.25, -0.2) is 9.78 Å². The smallest absolute Gasteiger partial charge is 0.360 e. The van der Waals surface area contributed by atoms with Crippen LogP contribution in [0, 0.1) is 23.7 Å². The summed E-state index contributed by atoms with van der Waals surface area (Å²) >= 11 is 0. The minimum atomic E-state index is -0.723. The van der Waals surface area contributed by atoms with Crippen molar-refractivity contribution in [3.05, 3.63) is 48.3 Å². The van der Waals surface area contributed by atoms with Gasteiger partial charge in [0.25, 0.3) is 0 Å². The molecule has 0 fully saturated rings. The number of aliphatic hydroxyl groups is 1. The summed E-state index contributed by atoms with van der Waals surface area (Å²) in [7, 11) is 0. The Hall–Kier alpha value is -3.19. The molecule has 1 aromatic heterocycles. The third-order valence-electron chi connectivity index (χ3n) is 3.61. The Balaban J connectivity index is 1.74. The molecular formula is C20H17N3O3. The van der Waals surface area contributed by atoms with Crippen LogP contribution < -0.4 is 0 Å². The van der Waals surface area contributed by atoms with Crippen molar-refractivity contribution in [1.29, 1.82) is 0 Å². The number of ether oxygens (including phenoxy) is 1. The Morgan fingerprint density at radius 3 is 2.92 bits per heavy atom. The first-order valence-electron chi connectivity index (χ1n) is 8.16. The number of carbonyl (C=O) groups excluding carboxylic acids is 1. The van der Waals surface area contributed by atoms with Crippen LogP contribution in [0.1, 0.15) is 10.5 Å². The van der Waals surface area contributed by atoms with Gasteiger partial charge >= 0.3 is 5.97 Å². The molecule has 1 aliphatic rings. The van der Waals surface area contributed by atoms with Gasteiger partial charge in [0.05, 0.1) is 36.9 Å². The summed E-state index contributed by atoms with van der Waals surface area (Å²) in [5.74, 6) is 11.1. The number of nitrogens with zero attached hydrogens (tertiary/aromatic N) is 3. The second-order valence-corrected chi connectivity index (χ2v) is 5.51. The van der Waals surface area contributed by atoms with Crippen LogP contribution in [0.5, 0.6) is 0 Å². The Labute approximate surface area is 151 Å². The Kier molecular flexibility index (Phi) is 5.95. The van der Waals surface area contributed by atoms with Crippen molar-refractivity contribution >= 4 is 17.0 Å². The zero-order valence-electron chi connectivity index (χ0n) is 14.1.